The van der Waals surface area contributed by atoms with Crippen LogP contribution in [0.4, 0.5) is 0 Å². The average Bonchev–Trinajstić information content (AvgIpc) is 3.15. The largest absolute Gasteiger partial charge is 0.496 e. The van der Waals surface area contributed by atoms with E-state index in [1.165, 1.54) is 6.07 Å². The fourth-order valence-corrected chi connectivity index (χ4v) is 4.26. The molecular formula is C17H16IN3O3S. The second-order valence-electron chi connectivity index (χ2n) is 5.26. The van der Waals surface area contributed by atoms with E-state index in [1.807, 2.05) is 57.6 Å². The Morgan fingerprint density at radius 1 is 1.20 bits per heavy atom. The van der Waals surface area contributed by atoms with Gasteiger partial charge in [-0.05, 0) is 58.5 Å². The van der Waals surface area contributed by atoms with Crippen molar-refractivity contribution in [3.63, 3.8) is 0 Å². The molecule has 2 aromatic carbocycles. The second-order valence-corrected chi connectivity index (χ2v) is 8.19. The van der Waals surface area contributed by atoms with Crippen LogP contribution < -0.4 is 9.46 Å². The van der Waals surface area contributed by atoms with Crippen molar-refractivity contribution in [3.05, 3.63) is 70.3 Å². The Kier molecular flexibility index (Phi) is 5.40. The minimum atomic E-state index is -3.58. The number of ether oxygens (including phenoxy) is 1. The fourth-order valence-electron chi connectivity index (χ4n) is 2.27. The first kappa shape index (κ1) is 17.9. The van der Waals surface area contributed by atoms with Gasteiger partial charge in [0.05, 0.1) is 21.9 Å². The lowest BCUT2D eigenvalue weighted by molar-refractivity contribution is 0.411. The van der Waals surface area contributed by atoms with Crippen LogP contribution in [0.3, 0.4) is 0 Å². The molecule has 1 aromatic heterocycles. The van der Waals surface area contributed by atoms with Crippen molar-refractivity contribution >= 4 is 32.6 Å². The highest BCUT2D eigenvalue weighted by Crippen LogP contribution is 2.24. The third-order valence-electron chi connectivity index (χ3n) is 3.64. The van der Waals surface area contributed by atoms with Crippen molar-refractivity contribution in [3.8, 4) is 11.4 Å². The highest BCUT2D eigenvalue weighted by Gasteiger charge is 2.15. The maximum Gasteiger partial charge on any atom is 0.240 e. The molecule has 0 amide bonds. The molecule has 8 heteroatoms. The molecule has 130 valence electrons. The summed E-state index contributed by atoms with van der Waals surface area (Å²) in [5, 5.41) is 0. The van der Waals surface area contributed by atoms with E-state index in [1.54, 1.807) is 31.8 Å². The normalized spacial score (nSPS) is 11.4. The number of halogens is 1. The van der Waals surface area contributed by atoms with E-state index in [0.717, 1.165) is 14.8 Å². The van der Waals surface area contributed by atoms with Crippen LogP contribution in [0.15, 0.2) is 66.1 Å². The van der Waals surface area contributed by atoms with Gasteiger partial charge in [0.25, 0.3) is 0 Å². The molecule has 0 unspecified atom stereocenters. The van der Waals surface area contributed by atoms with Crippen LogP contribution in [0.1, 0.15) is 5.56 Å². The maximum absolute atomic E-state index is 12.4. The zero-order valence-corrected chi connectivity index (χ0v) is 16.4. The average molecular weight is 469 g/mol. The van der Waals surface area contributed by atoms with Crippen molar-refractivity contribution in [2.45, 2.75) is 11.4 Å². The Bertz CT molecular complexity index is 955. The van der Waals surface area contributed by atoms with Gasteiger partial charge >= 0.3 is 0 Å². The minimum Gasteiger partial charge on any atom is -0.496 e. The number of nitrogens with zero attached hydrogens (tertiary/aromatic N) is 2. The van der Waals surface area contributed by atoms with E-state index >= 15 is 0 Å². The third kappa shape index (κ3) is 4.20. The van der Waals surface area contributed by atoms with E-state index in [0.29, 0.717) is 5.75 Å². The van der Waals surface area contributed by atoms with Gasteiger partial charge in [0, 0.05) is 24.6 Å². The van der Waals surface area contributed by atoms with E-state index in [9.17, 15) is 8.42 Å². The van der Waals surface area contributed by atoms with Gasteiger partial charge in [0.15, 0.2) is 0 Å². The summed E-state index contributed by atoms with van der Waals surface area (Å²) in [7, 11) is -2.03. The van der Waals surface area contributed by atoms with Crippen LogP contribution in [0.5, 0.6) is 5.75 Å². The van der Waals surface area contributed by atoms with E-state index in [-0.39, 0.29) is 11.4 Å². The maximum atomic E-state index is 12.4. The molecule has 0 fully saturated rings. The SMILES string of the molecule is COc1ccc(S(=O)(=O)NCc2ccc(-n3ccnc3)cc2)cc1I. The summed E-state index contributed by atoms with van der Waals surface area (Å²) in [4.78, 5) is 4.22. The van der Waals surface area contributed by atoms with Crippen LogP contribution in [-0.2, 0) is 16.6 Å². The number of benzene rings is 2. The molecule has 1 heterocycles. The van der Waals surface area contributed by atoms with E-state index in [2.05, 4.69) is 9.71 Å². The summed E-state index contributed by atoms with van der Waals surface area (Å²) in [6.07, 6.45) is 5.27. The van der Waals surface area contributed by atoms with Crippen molar-refractivity contribution in [1.29, 1.82) is 0 Å². The summed E-state index contributed by atoms with van der Waals surface area (Å²) in [6, 6.07) is 12.4. The lowest BCUT2D eigenvalue weighted by Gasteiger charge is -2.10. The zero-order valence-electron chi connectivity index (χ0n) is 13.4. The van der Waals surface area contributed by atoms with Gasteiger partial charge < -0.3 is 9.30 Å². The molecule has 0 spiro atoms. The Hall–Kier alpha value is -1.91. The summed E-state index contributed by atoms with van der Waals surface area (Å²) in [5.41, 5.74) is 1.84. The van der Waals surface area contributed by atoms with Crippen LogP contribution in [0, 0.1) is 3.57 Å². The Labute approximate surface area is 160 Å². The number of sulfonamides is 1. The lowest BCUT2D eigenvalue weighted by atomic mass is 10.2. The molecule has 0 saturated carbocycles. The molecule has 3 aromatic rings. The molecule has 1 N–H and O–H groups in total. The lowest BCUT2D eigenvalue weighted by Crippen LogP contribution is -2.23. The quantitative estimate of drug-likeness (QED) is 0.564. The molecule has 3 rings (SSSR count). The van der Waals surface area contributed by atoms with Gasteiger partial charge in [-0.3, -0.25) is 0 Å². The molecule has 0 radical (unpaired) electrons. The van der Waals surface area contributed by atoms with E-state index in [4.69, 9.17) is 4.74 Å². The smallest absolute Gasteiger partial charge is 0.240 e. The highest BCUT2D eigenvalue weighted by molar-refractivity contribution is 14.1. The molecule has 0 aliphatic carbocycles. The molecule has 6 nitrogen and oxygen atoms in total. The molecule has 0 atom stereocenters. The summed E-state index contributed by atoms with van der Waals surface area (Å²) in [6.45, 7) is 0.217. The van der Waals surface area contributed by atoms with E-state index < -0.39 is 10.0 Å². The first-order valence-electron chi connectivity index (χ1n) is 7.40. The van der Waals surface area contributed by atoms with Crippen LogP contribution in [-0.4, -0.2) is 25.1 Å². The monoisotopic (exact) mass is 469 g/mol. The van der Waals surface area contributed by atoms with Gasteiger partial charge in [0.1, 0.15) is 5.75 Å². The highest BCUT2D eigenvalue weighted by atomic mass is 127. The van der Waals surface area contributed by atoms with Crippen molar-refractivity contribution in [1.82, 2.24) is 14.3 Å². The van der Waals surface area contributed by atoms with Gasteiger partial charge in [-0.2, -0.15) is 0 Å². The number of rotatable bonds is 6. The fraction of sp³-hybridized carbons (Fsp3) is 0.118. The summed E-state index contributed by atoms with van der Waals surface area (Å²) in [5.74, 6) is 0.648. The third-order valence-corrected chi connectivity index (χ3v) is 5.88. The molecule has 0 saturated heterocycles. The summed E-state index contributed by atoms with van der Waals surface area (Å²) >= 11 is 2.05. The molecule has 0 aliphatic rings. The van der Waals surface area contributed by atoms with Crippen LogP contribution >= 0.6 is 22.6 Å². The second kappa shape index (κ2) is 7.54. The van der Waals surface area contributed by atoms with Gasteiger partial charge in [-0.15, -0.1) is 0 Å². The molecular weight excluding hydrogens is 453 g/mol. The zero-order chi connectivity index (χ0) is 17.9. The standard InChI is InChI=1S/C17H16IN3O3S/c1-24-17-7-6-15(10-16(17)18)25(22,23)20-11-13-2-4-14(5-3-13)21-9-8-19-12-21/h2-10,12,20H,11H2,1H3. The van der Waals surface area contributed by atoms with Crippen molar-refractivity contribution < 1.29 is 13.2 Å². The minimum absolute atomic E-state index is 0.215. The summed E-state index contributed by atoms with van der Waals surface area (Å²) < 4.78 is 35.3. The molecule has 25 heavy (non-hydrogen) atoms. The number of methoxy groups -OCH3 is 1. The first-order valence-corrected chi connectivity index (χ1v) is 9.96. The number of aromatic nitrogens is 2. The Morgan fingerprint density at radius 2 is 1.96 bits per heavy atom. The predicted octanol–water partition coefficient (Wildman–Crippen LogP) is 2.96. The Morgan fingerprint density at radius 3 is 2.56 bits per heavy atom. The van der Waals surface area contributed by atoms with Gasteiger partial charge in [-0.1, -0.05) is 12.1 Å². The van der Waals surface area contributed by atoms with Crippen molar-refractivity contribution in [2.75, 3.05) is 7.11 Å². The number of nitrogens with one attached hydrogen (secondary N) is 1. The van der Waals surface area contributed by atoms with Crippen molar-refractivity contribution in [2.24, 2.45) is 0 Å². The number of imidazole rings is 1. The van der Waals surface area contributed by atoms with Crippen LogP contribution in [0.2, 0.25) is 0 Å². The predicted molar refractivity (Wildman–Crippen MR) is 103 cm³/mol. The van der Waals surface area contributed by atoms with Gasteiger partial charge in [0.2, 0.25) is 10.0 Å². The number of hydrogen-bond donors (Lipinski definition) is 1. The first-order chi connectivity index (χ1) is 12.0. The van der Waals surface area contributed by atoms with Gasteiger partial charge in [-0.25, -0.2) is 18.1 Å². The molecule has 0 aliphatic heterocycles. The van der Waals surface area contributed by atoms with Crippen LogP contribution in [0.25, 0.3) is 5.69 Å². The number of hydrogen-bond acceptors (Lipinski definition) is 4. The molecule has 0 bridgehead atoms. The Balaban J connectivity index is 1.71. The topological polar surface area (TPSA) is 73.2 Å².